The molecular weight excluding hydrogens is 230 g/mol. The normalized spacial score (nSPS) is 31.9. The lowest BCUT2D eigenvalue weighted by Crippen LogP contribution is -2.48. The highest BCUT2D eigenvalue weighted by atomic mass is 16.5. The van der Waals surface area contributed by atoms with E-state index in [2.05, 4.69) is 19.2 Å². The van der Waals surface area contributed by atoms with Crippen LogP contribution in [0.3, 0.4) is 0 Å². The molecule has 106 valence electrons. The molecule has 1 aliphatic carbocycles. The van der Waals surface area contributed by atoms with E-state index >= 15 is 0 Å². The van der Waals surface area contributed by atoms with E-state index in [0.29, 0.717) is 25.0 Å². The van der Waals surface area contributed by atoms with Gasteiger partial charge < -0.3 is 15.2 Å². The van der Waals surface area contributed by atoms with Gasteiger partial charge in [0.1, 0.15) is 5.54 Å². The summed E-state index contributed by atoms with van der Waals surface area (Å²) in [6.45, 7) is 6.78. The van der Waals surface area contributed by atoms with Crippen molar-refractivity contribution in [3.05, 3.63) is 0 Å². The second kappa shape index (κ2) is 6.53. The van der Waals surface area contributed by atoms with E-state index in [1.807, 2.05) is 0 Å². The summed E-state index contributed by atoms with van der Waals surface area (Å²) in [5.74, 6) is 0.671. The Morgan fingerprint density at radius 3 is 2.56 bits per heavy atom. The summed E-state index contributed by atoms with van der Waals surface area (Å²) in [5.41, 5.74) is -0.881. The molecule has 0 amide bonds. The van der Waals surface area contributed by atoms with E-state index in [0.717, 1.165) is 18.8 Å². The Morgan fingerprint density at radius 1 is 1.39 bits per heavy atom. The van der Waals surface area contributed by atoms with Gasteiger partial charge in [-0.15, -0.1) is 0 Å². The van der Waals surface area contributed by atoms with E-state index < -0.39 is 11.5 Å². The van der Waals surface area contributed by atoms with Crippen LogP contribution in [-0.2, 0) is 9.53 Å². The highest BCUT2D eigenvalue weighted by molar-refractivity contribution is 5.78. The molecule has 1 saturated carbocycles. The van der Waals surface area contributed by atoms with Crippen molar-refractivity contribution < 1.29 is 14.6 Å². The molecule has 0 heterocycles. The summed E-state index contributed by atoms with van der Waals surface area (Å²) >= 11 is 0. The van der Waals surface area contributed by atoms with Gasteiger partial charge in [-0.1, -0.05) is 13.8 Å². The molecule has 0 radical (unpaired) electrons. The molecule has 0 aromatic carbocycles. The maximum atomic E-state index is 11.1. The fourth-order valence-corrected chi connectivity index (χ4v) is 2.42. The minimum Gasteiger partial charge on any atom is -0.480 e. The number of carboxylic acid groups (broad SMARTS) is 1. The molecule has 0 spiro atoms. The van der Waals surface area contributed by atoms with Crippen LogP contribution >= 0.6 is 0 Å². The minimum absolute atomic E-state index is 0.311. The first-order valence-electron chi connectivity index (χ1n) is 6.93. The number of carboxylic acids is 1. The molecule has 4 heteroatoms. The van der Waals surface area contributed by atoms with Crippen LogP contribution in [0.5, 0.6) is 0 Å². The van der Waals surface area contributed by atoms with E-state index in [1.54, 1.807) is 14.0 Å². The van der Waals surface area contributed by atoms with E-state index in [1.165, 1.54) is 6.42 Å². The second-order valence-corrected chi connectivity index (χ2v) is 5.90. The molecule has 0 bridgehead atoms. The third-order valence-electron chi connectivity index (χ3n) is 4.53. The van der Waals surface area contributed by atoms with Gasteiger partial charge in [-0.3, -0.25) is 4.79 Å². The number of rotatable bonds is 6. The van der Waals surface area contributed by atoms with Crippen LogP contribution in [0.2, 0.25) is 0 Å². The van der Waals surface area contributed by atoms with Gasteiger partial charge in [0.2, 0.25) is 0 Å². The Bertz CT molecular complexity index is 282. The minimum atomic E-state index is -0.881. The summed E-state index contributed by atoms with van der Waals surface area (Å²) in [6.07, 6.45) is 4.23. The number of carbonyl (C=O) groups is 1. The first-order chi connectivity index (χ1) is 8.39. The predicted octanol–water partition coefficient (Wildman–Crippen LogP) is 2.28. The quantitative estimate of drug-likeness (QED) is 0.766. The van der Waals surface area contributed by atoms with Crippen molar-refractivity contribution in [2.75, 3.05) is 13.7 Å². The largest absolute Gasteiger partial charge is 0.480 e. The molecule has 18 heavy (non-hydrogen) atoms. The van der Waals surface area contributed by atoms with Crippen LogP contribution < -0.4 is 5.32 Å². The van der Waals surface area contributed by atoms with Crippen molar-refractivity contribution in [1.29, 1.82) is 0 Å². The first-order valence-corrected chi connectivity index (χ1v) is 6.93. The second-order valence-electron chi connectivity index (χ2n) is 5.90. The van der Waals surface area contributed by atoms with Gasteiger partial charge in [0.25, 0.3) is 0 Å². The van der Waals surface area contributed by atoms with Crippen LogP contribution in [0.25, 0.3) is 0 Å². The molecule has 0 aromatic heterocycles. The average Bonchev–Trinajstić information content (AvgIpc) is 2.33. The van der Waals surface area contributed by atoms with Crippen LogP contribution in [0, 0.1) is 11.8 Å². The van der Waals surface area contributed by atoms with Crippen LogP contribution in [-0.4, -0.2) is 36.4 Å². The molecule has 0 saturated heterocycles. The molecule has 2 N–H and O–H groups in total. The summed E-state index contributed by atoms with van der Waals surface area (Å²) in [6, 6.07) is 0. The number of likely N-dealkylation sites (N-methyl/N-ethyl adjacent to an activating group) is 1. The molecule has 1 rings (SSSR count). The maximum absolute atomic E-state index is 11.1. The fourth-order valence-electron chi connectivity index (χ4n) is 2.42. The van der Waals surface area contributed by atoms with E-state index in [-0.39, 0.29) is 0 Å². The van der Waals surface area contributed by atoms with Crippen LogP contribution in [0.15, 0.2) is 0 Å². The standard InChI is InChI=1S/C14H27NO3/c1-10-5-6-12(9-11(10)2)18-8-7-14(3,15-4)13(16)17/h10-12,15H,5-9H2,1-4H3,(H,16,17). The zero-order valence-corrected chi connectivity index (χ0v) is 12.0. The zero-order chi connectivity index (χ0) is 13.8. The lowest BCUT2D eigenvalue weighted by molar-refractivity contribution is -0.145. The SMILES string of the molecule is CNC(C)(CCOC1CCC(C)C(C)C1)C(=O)O. The number of hydrogen-bond donors (Lipinski definition) is 2. The summed E-state index contributed by atoms with van der Waals surface area (Å²) in [7, 11) is 1.68. The Kier molecular flexibility index (Phi) is 5.60. The Hall–Kier alpha value is -0.610. The molecular formula is C14H27NO3. The third kappa shape index (κ3) is 3.95. The van der Waals surface area contributed by atoms with Crippen molar-refractivity contribution in [1.82, 2.24) is 5.32 Å². The lowest BCUT2D eigenvalue weighted by Gasteiger charge is -2.33. The smallest absolute Gasteiger partial charge is 0.323 e. The van der Waals surface area contributed by atoms with Crippen molar-refractivity contribution >= 4 is 5.97 Å². The summed E-state index contributed by atoms with van der Waals surface area (Å²) in [5, 5.41) is 12.0. The lowest BCUT2D eigenvalue weighted by atomic mass is 9.80. The fraction of sp³-hybridized carbons (Fsp3) is 0.929. The molecule has 1 aliphatic rings. The van der Waals surface area contributed by atoms with Gasteiger partial charge in [-0.2, -0.15) is 0 Å². The maximum Gasteiger partial charge on any atom is 0.323 e. The number of ether oxygens (including phenoxy) is 1. The molecule has 0 aliphatic heterocycles. The van der Waals surface area contributed by atoms with Gasteiger partial charge in [0.15, 0.2) is 0 Å². The molecule has 4 atom stereocenters. The first kappa shape index (κ1) is 15.4. The molecule has 4 unspecified atom stereocenters. The van der Waals surface area contributed by atoms with Gasteiger partial charge in [0, 0.05) is 6.61 Å². The van der Waals surface area contributed by atoms with E-state index in [4.69, 9.17) is 9.84 Å². The Morgan fingerprint density at radius 2 is 2.06 bits per heavy atom. The predicted molar refractivity (Wildman–Crippen MR) is 71.6 cm³/mol. The number of aliphatic carboxylic acids is 1. The summed E-state index contributed by atoms with van der Waals surface area (Å²) < 4.78 is 5.85. The highest BCUT2D eigenvalue weighted by Crippen LogP contribution is 2.31. The van der Waals surface area contributed by atoms with Crippen molar-refractivity contribution in [3.63, 3.8) is 0 Å². The summed E-state index contributed by atoms with van der Waals surface area (Å²) in [4.78, 5) is 11.1. The van der Waals surface area contributed by atoms with Gasteiger partial charge in [-0.25, -0.2) is 0 Å². The van der Waals surface area contributed by atoms with Crippen molar-refractivity contribution in [2.24, 2.45) is 11.8 Å². The van der Waals surface area contributed by atoms with E-state index in [9.17, 15) is 4.79 Å². The Labute approximate surface area is 110 Å². The van der Waals surface area contributed by atoms with Crippen molar-refractivity contribution in [2.45, 2.75) is 58.1 Å². The number of nitrogens with one attached hydrogen (secondary N) is 1. The Balaban J connectivity index is 2.31. The highest BCUT2D eigenvalue weighted by Gasteiger charge is 2.31. The molecule has 4 nitrogen and oxygen atoms in total. The van der Waals surface area contributed by atoms with Gasteiger partial charge in [0.05, 0.1) is 6.10 Å². The van der Waals surface area contributed by atoms with Gasteiger partial charge in [-0.05, 0) is 51.5 Å². The van der Waals surface area contributed by atoms with Crippen molar-refractivity contribution in [3.8, 4) is 0 Å². The van der Waals surface area contributed by atoms with Crippen LogP contribution in [0.1, 0.15) is 46.5 Å². The number of hydrogen-bond acceptors (Lipinski definition) is 3. The average molecular weight is 257 g/mol. The third-order valence-corrected chi connectivity index (χ3v) is 4.53. The molecule has 1 fully saturated rings. The zero-order valence-electron chi connectivity index (χ0n) is 12.0. The molecule has 0 aromatic rings. The topological polar surface area (TPSA) is 58.6 Å². The van der Waals surface area contributed by atoms with Gasteiger partial charge >= 0.3 is 5.97 Å². The van der Waals surface area contributed by atoms with Crippen LogP contribution in [0.4, 0.5) is 0 Å². The monoisotopic (exact) mass is 257 g/mol.